The lowest BCUT2D eigenvalue weighted by Gasteiger charge is -2.14. The number of aliphatic carboxylic acids is 1. The van der Waals surface area contributed by atoms with E-state index >= 15 is 0 Å². The van der Waals surface area contributed by atoms with E-state index in [0.29, 0.717) is 18.5 Å². The number of rotatable bonds is 6. The Morgan fingerprint density at radius 2 is 2.16 bits per heavy atom. The number of thioether (sulfide) groups is 1. The van der Waals surface area contributed by atoms with E-state index in [0.717, 1.165) is 4.90 Å². The van der Waals surface area contributed by atoms with Crippen LogP contribution in [0.1, 0.15) is 19.8 Å². The number of benzene rings is 1. The Labute approximate surface area is 116 Å². The topological polar surface area (TPSA) is 78.4 Å². The van der Waals surface area contributed by atoms with Crippen molar-refractivity contribution >= 4 is 29.4 Å². The smallest absolute Gasteiger partial charge is 0.326 e. The molecule has 5 nitrogen and oxygen atoms in total. The first-order valence-electron chi connectivity index (χ1n) is 6.01. The molecule has 1 aromatic rings. The summed E-state index contributed by atoms with van der Waals surface area (Å²) >= 11 is 1.57. The number of carbonyl (C=O) groups is 2. The zero-order valence-corrected chi connectivity index (χ0v) is 11.8. The first-order chi connectivity index (χ1) is 9.06. The highest BCUT2D eigenvalue weighted by molar-refractivity contribution is 7.98. The zero-order valence-electron chi connectivity index (χ0n) is 11.0. The predicted molar refractivity (Wildman–Crippen MR) is 76.7 cm³/mol. The lowest BCUT2D eigenvalue weighted by molar-refractivity contribution is -0.139. The van der Waals surface area contributed by atoms with Crippen molar-refractivity contribution in [2.75, 3.05) is 11.6 Å². The summed E-state index contributed by atoms with van der Waals surface area (Å²) in [6.45, 7) is 1.87. The summed E-state index contributed by atoms with van der Waals surface area (Å²) in [6, 6.07) is 6.01. The first kappa shape index (κ1) is 15.4. The number of nitrogens with one attached hydrogen (secondary N) is 2. The van der Waals surface area contributed by atoms with Crippen molar-refractivity contribution in [1.29, 1.82) is 0 Å². The van der Waals surface area contributed by atoms with Gasteiger partial charge in [-0.3, -0.25) is 0 Å². The van der Waals surface area contributed by atoms with E-state index in [1.54, 1.807) is 17.8 Å². The van der Waals surface area contributed by atoms with Gasteiger partial charge < -0.3 is 15.7 Å². The Morgan fingerprint density at radius 3 is 2.74 bits per heavy atom. The van der Waals surface area contributed by atoms with E-state index in [1.807, 2.05) is 31.4 Å². The van der Waals surface area contributed by atoms with Crippen molar-refractivity contribution < 1.29 is 14.7 Å². The van der Waals surface area contributed by atoms with Crippen LogP contribution in [-0.2, 0) is 4.79 Å². The molecule has 0 heterocycles. The lowest BCUT2D eigenvalue weighted by Crippen LogP contribution is -2.42. The van der Waals surface area contributed by atoms with E-state index in [4.69, 9.17) is 5.11 Å². The van der Waals surface area contributed by atoms with E-state index in [2.05, 4.69) is 10.6 Å². The standard InChI is InChI=1S/C13H18N2O3S/c1-3-5-11(12(16)17)15-13(18)14-9-6-4-7-10(8-9)19-2/h4,6-8,11H,3,5H2,1-2H3,(H,16,17)(H2,14,15,18). The average Bonchev–Trinajstić information content (AvgIpc) is 2.38. The van der Waals surface area contributed by atoms with Crippen LogP contribution in [0.4, 0.5) is 10.5 Å². The van der Waals surface area contributed by atoms with Crippen molar-refractivity contribution in [3.63, 3.8) is 0 Å². The molecule has 1 aromatic carbocycles. The van der Waals surface area contributed by atoms with Gasteiger partial charge in [0.2, 0.25) is 0 Å². The van der Waals surface area contributed by atoms with Gasteiger partial charge in [-0.25, -0.2) is 9.59 Å². The summed E-state index contributed by atoms with van der Waals surface area (Å²) in [5.74, 6) is -1.02. The Morgan fingerprint density at radius 1 is 1.42 bits per heavy atom. The Bertz CT molecular complexity index is 451. The van der Waals surface area contributed by atoms with Gasteiger partial charge in [-0.2, -0.15) is 0 Å². The van der Waals surface area contributed by atoms with Gasteiger partial charge >= 0.3 is 12.0 Å². The van der Waals surface area contributed by atoms with Gasteiger partial charge in [-0.15, -0.1) is 11.8 Å². The molecule has 3 N–H and O–H groups in total. The molecular formula is C13H18N2O3S. The summed E-state index contributed by atoms with van der Waals surface area (Å²) in [5, 5.41) is 14.0. The number of anilines is 1. The van der Waals surface area contributed by atoms with E-state index < -0.39 is 18.0 Å². The number of amides is 2. The number of hydrogen-bond acceptors (Lipinski definition) is 3. The zero-order chi connectivity index (χ0) is 14.3. The summed E-state index contributed by atoms with van der Waals surface area (Å²) < 4.78 is 0. The van der Waals surface area contributed by atoms with Crippen LogP contribution in [0.2, 0.25) is 0 Å². The maximum Gasteiger partial charge on any atom is 0.326 e. The molecule has 1 rings (SSSR count). The fraction of sp³-hybridized carbons (Fsp3) is 0.385. The number of hydrogen-bond donors (Lipinski definition) is 3. The van der Waals surface area contributed by atoms with E-state index in [1.165, 1.54) is 0 Å². The van der Waals surface area contributed by atoms with Crippen LogP contribution in [0.5, 0.6) is 0 Å². The molecule has 0 aliphatic carbocycles. The molecule has 19 heavy (non-hydrogen) atoms. The van der Waals surface area contributed by atoms with Crippen molar-refractivity contribution in [2.24, 2.45) is 0 Å². The van der Waals surface area contributed by atoms with E-state index in [9.17, 15) is 9.59 Å². The maximum absolute atomic E-state index is 11.7. The molecule has 6 heteroatoms. The largest absolute Gasteiger partial charge is 0.480 e. The molecule has 0 saturated carbocycles. The van der Waals surface area contributed by atoms with Gasteiger partial charge in [0.25, 0.3) is 0 Å². The fourth-order valence-corrected chi connectivity index (χ4v) is 2.03. The molecule has 0 aromatic heterocycles. The number of urea groups is 1. The van der Waals surface area contributed by atoms with Crippen LogP contribution < -0.4 is 10.6 Å². The highest BCUT2D eigenvalue weighted by Gasteiger charge is 2.18. The molecule has 0 spiro atoms. The van der Waals surface area contributed by atoms with Crippen molar-refractivity contribution in [3.05, 3.63) is 24.3 Å². The molecular weight excluding hydrogens is 264 g/mol. The van der Waals surface area contributed by atoms with Crippen molar-refractivity contribution in [3.8, 4) is 0 Å². The minimum atomic E-state index is -1.02. The van der Waals surface area contributed by atoms with E-state index in [-0.39, 0.29) is 0 Å². The minimum Gasteiger partial charge on any atom is -0.480 e. The van der Waals surface area contributed by atoms with Gasteiger partial charge in [0, 0.05) is 10.6 Å². The fourth-order valence-electron chi connectivity index (χ4n) is 1.57. The SMILES string of the molecule is CCCC(NC(=O)Nc1cccc(SC)c1)C(=O)O. The highest BCUT2D eigenvalue weighted by Crippen LogP contribution is 2.18. The maximum atomic E-state index is 11.7. The third kappa shape index (κ3) is 5.21. The van der Waals surface area contributed by atoms with Crippen molar-refractivity contribution in [2.45, 2.75) is 30.7 Å². The molecule has 0 aliphatic rings. The molecule has 0 bridgehead atoms. The van der Waals surface area contributed by atoms with Crippen molar-refractivity contribution in [1.82, 2.24) is 5.32 Å². The van der Waals surface area contributed by atoms with Gasteiger partial charge in [0.15, 0.2) is 0 Å². The van der Waals surface area contributed by atoms with Crippen LogP contribution in [0.25, 0.3) is 0 Å². The lowest BCUT2D eigenvalue weighted by atomic mass is 10.2. The Balaban J connectivity index is 2.60. The molecule has 0 saturated heterocycles. The second-order valence-corrected chi connectivity index (χ2v) is 4.89. The van der Waals surface area contributed by atoms with Crippen LogP contribution in [0.3, 0.4) is 0 Å². The van der Waals surface area contributed by atoms with Gasteiger partial charge in [0.05, 0.1) is 0 Å². The third-order valence-corrected chi connectivity index (χ3v) is 3.23. The molecule has 1 unspecified atom stereocenters. The summed E-state index contributed by atoms with van der Waals surface area (Å²) in [5.41, 5.74) is 0.644. The first-order valence-corrected chi connectivity index (χ1v) is 7.23. The molecule has 0 aliphatic heterocycles. The third-order valence-electron chi connectivity index (χ3n) is 2.51. The number of carboxylic acids is 1. The van der Waals surface area contributed by atoms with Gasteiger partial charge in [0.1, 0.15) is 6.04 Å². The minimum absolute atomic E-state index is 0.410. The van der Waals surface area contributed by atoms with Crippen LogP contribution >= 0.6 is 11.8 Å². The Hall–Kier alpha value is -1.69. The molecule has 104 valence electrons. The van der Waals surface area contributed by atoms with Gasteiger partial charge in [-0.1, -0.05) is 19.4 Å². The molecule has 0 radical (unpaired) electrons. The highest BCUT2D eigenvalue weighted by atomic mass is 32.2. The number of carbonyl (C=O) groups excluding carboxylic acids is 1. The second-order valence-electron chi connectivity index (χ2n) is 4.01. The van der Waals surface area contributed by atoms with Crippen LogP contribution in [0, 0.1) is 0 Å². The summed E-state index contributed by atoms with van der Waals surface area (Å²) in [7, 11) is 0. The normalized spacial score (nSPS) is 11.7. The quantitative estimate of drug-likeness (QED) is 0.701. The predicted octanol–water partition coefficient (Wildman–Crippen LogP) is 2.78. The number of carboxylic acid groups (broad SMARTS) is 1. The Kier molecular flexibility index (Phi) is 6.21. The summed E-state index contributed by atoms with van der Waals surface area (Å²) in [6.07, 6.45) is 3.05. The van der Waals surface area contributed by atoms with Gasteiger partial charge in [-0.05, 0) is 30.9 Å². The van der Waals surface area contributed by atoms with Crippen LogP contribution in [-0.4, -0.2) is 29.4 Å². The average molecular weight is 282 g/mol. The molecule has 1 atom stereocenters. The second kappa shape index (κ2) is 7.68. The summed E-state index contributed by atoms with van der Waals surface area (Å²) in [4.78, 5) is 23.7. The monoisotopic (exact) mass is 282 g/mol. The molecule has 2 amide bonds. The molecule has 0 fully saturated rings. The van der Waals surface area contributed by atoms with Crippen LogP contribution in [0.15, 0.2) is 29.2 Å².